The van der Waals surface area contributed by atoms with Crippen LogP contribution in [-0.4, -0.2) is 17.6 Å². The van der Waals surface area contributed by atoms with E-state index in [1.165, 1.54) is 0 Å². The third-order valence-corrected chi connectivity index (χ3v) is 6.17. The van der Waals surface area contributed by atoms with E-state index in [2.05, 4.69) is 5.32 Å². The molecule has 0 aromatic heterocycles. The molecule has 2 aliphatic heterocycles. The standard InChI is InChI=1S/C23H17Cl3N2O3/c24-13-3-5-20(29)16(8-13)19-10-18(12-1-6-21-22(7-12)31-11-30-21)27-23(28-19)15-4-2-14(25)9-17(15)26/h1-9,19,23,28-29H,10-11H2/t19-,23-/m0/s1. The van der Waals surface area contributed by atoms with Crippen LogP contribution in [0.2, 0.25) is 15.1 Å². The highest BCUT2D eigenvalue weighted by atomic mass is 35.5. The number of nitrogens with one attached hydrogen (secondary N) is 1. The average Bonchev–Trinajstić information content (AvgIpc) is 3.23. The van der Waals surface area contributed by atoms with E-state index in [1.54, 1.807) is 30.3 Å². The van der Waals surface area contributed by atoms with Gasteiger partial charge >= 0.3 is 0 Å². The number of ether oxygens (including phenoxy) is 2. The number of rotatable bonds is 3. The largest absolute Gasteiger partial charge is 0.508 e. The van der Waals surface area contributed by atoms with Crippen molar-refractivity contribution in [1.29, 1.82) is 0 Å². The molecule has 31 heavy (non-hydrogen) atoms. The Hall–Kier alpha value is -2.44. The quantitative estimate of drug-likeness (QED) is 0.466. The number of fused-ring (bicyclic) bond motifs is 1. The Morgan fingerprint density at radius 1 is 0.871 bits per heavy atom. The van der Waals surface area contributed by atoms with Crippen LogP contribution in [0.15, 0.2) is 59.6 Å². The van der Waals surface area contributed by atoms with Crippen molar-refractivity contribution < 1.29 is 14.6 Å². The van der Waals surface area contributed by atoms with E-state index in [0.717, 1.165) is 16.8 Å². The monoisotopic (exact) mass is 474 g/mol. The third-order valence-electron chi connectivity index (χ3n) is 5.37. The number of halogens is 3. The van der Waals surface area contributed by atoms with E-state index in [-0.39, 0.29) is 18.6 Å². The van der Waals surface area contributed by atoms with Crippen LogP contribution in [0.1, 0.15) is 35.3 Å². The fraction of sp³-hybridized carbons (Fsp3) is 0.174. The number of phenolic OH excluding ortho intramolecular Hbond substituents is 1. The molecule has 2 heterocycles. The smallest absolute Gasteiger partial charge is 0.231 e. The maximum Gasteiger partial charge on any atom is 0.231 e. The number of phenols is 1. The van der Waals surface area contributed by atoms with E-state index in [0.29, 0.717) is 38.6 Å². The van der Waals surface area contributed by atoms with Crippen LogP contribution in [0.4, 0.5) is 0 Å². The van der Waals surface area contributed by atoms with Crippen molar-refractivity contribution in [3.8, 4) is 17.2 Å². The Balaban J connectivity index is 1.59. The molecular weight excluding hydrogens is 459 g/mol. The molecule has 2 atom stereocenters. The molecule has 0 amide bonds. The first-order valence-electron chi connectivity index (χ1n) is 9.64. The van der Waals surface area contributed by atoms with Gasteiger partial charge in [0.15, 0.2) is 11.5 Å². The van der Waals surface area contributed by atoms with Gasteiger partial charge in [-0.2, -0.15) is 0 Å². The van der Waals surface area contributed by atoms with Crippen LogP contribution in [0.3, 0.4) is 0 Å². The van der Waals surface area contributed by atoms with E-state index in [4.69, 9.17) is 49.3 Å². The Morgan fingerprint density at radius 2 is 1.65 bits per heavy atom. The van der Waals surface area contributed by atoms with Crippen LogP contribution in [-0.2, 0) is 0 Å². The molecule has 0 saturated heterocycles. The van der Waals surface area contributed by atoms with Crippen molar-refractivity contribution in [2.45, 2.75) is 18.6 Å². The lowest BCUT2D eigenvalue weighted by atomic mass is 9.93. The van der Waals surface area contributed by atoms with Crippen LogP contribution in [0.25, 0.3) is 0 Å². The molecule has 0 fully saturated rings. The van der Waals surface area contributed by atoms with Gasteiger partial charge in [0, 0.05) is 44.4 Å². The predicted molar refractivity (Wildman–Crippen MR) is 122 cm³/mol. The summed E-state index contributed by atoms with van der Waals surface area (Å²) in [5.74, 6) is 1.55. The van der Waals surface area contributed by atoms with E-state index >= 15 is 0 Å². The summed E-state index contributed by atoms with van der Waals surface area (Å²) in [6.07, 6.45) is 0.0947. The Labute approximate surface area is 194 Å². The lowest BCUT2D eigenvalue weighted by molar-refractivity contribution is 0.174. The Bertz CT molecular complexity index is 1200. The van der Waals surface area contributed by atoms with Crippen molar-refractivity contribution >= 4 is 40.5 Å². The van der Waals surface area contributed by atoms with Crippen molar-refractivity contribution in [1.82, 2.24) is 5.32 Å². The van der Waals surface area contributed by atoms with Gasteiger partial charge in [0.25, 0.3) is 0 Å². The minimum atomic E-state index is -0.442. The number of benzene rings is 3. The van der Waals surface area contributed by atoms with E-state index in [9.17, 15) is 5.11 Å². The SMILES string of the molecule is Oc1ccc(Cl)cc1[C@@H]1CC(c2ccc3c(c2)OCO3)=N[C@H](c2ccc(Cl)cc2Cl)N1. The molecule has 8 heteroatoms. The minimum Gasteiger partial charge on any atom is -0.508 e. The van der Waals surface area contributed by atoms with Crippen LogP contribution < -0.4 is 14.8 Å². The summed E-state index contributed by atoms with van der Waals surface area (Å²) in [4.78, 5) is 4.93. The summed E-state index contributed by atoms with van der Waals surface area (Å²) in [5.41, 5.74) is 3.23. The van der Waals surface area contributed by atoms with Gasteiger partial charge in [-0.3, -0.25) is 10.3 Å². The van der Waals surface area contributed by atoms with Gasteiger partial charge in [0.1, 0.15) is 11.9 Å². The van der Waals surface area contributed by atoms with Crippen molar-refractivity contribution in [3.63, 3.8) is 0 Å². The van der Waals surface area contributed by atoms with Gasteiger partial charge in [-0.05, 0) is 54.1 Å². The number of hydrogen-bond donors (Lipinski definition) is 2. The maximum atomic E-state index is 10.5. The van der Waals surface area contributed by atoms with Gasteiger partial charge < -0.3 is 14.6 Å². The molecule has 0 unspecified atom stereocenters. The first kappa shape index (κ1) is 20.5. The highest BCUT2D eigenvalue weighted by molar-refractivity contribution is 6.35. The average molecular weight is 476 g/mol. The van der Waals surface area contributed by atoms with Crippen LogP contribution >= 0.6 is 34.8 Å². The lowest BCUT2D eigenvalue weighted by Crippen LogP contribution is -2.33. The molecule has 2 aliphatic rings. The van der Waals surface area contributed by atoms with Crippen molar-refractivity contribution in [3.05, 3.63) is 86.4 Å². The van der Waals surface area contributed by atoms with Gasteiger partial charge in [0.2, 0.25) is 6.79 Å². The highest BCUT2D eigenvalue weighted by Crippen LogP contribution is 2.39. The summed E-state index contributed by atoms with van der Waals surface area (Å²) < 4.78 is 11.0. The van der Waals surface area contributed by atoms with E-state index in [1.807, 2.05) is 24.3 Å². The van der Waals surface area contributed by atoms with Crippen molar-refractivity contribution in [2.75, 3.05) is 6.79 Å². The summed E-state index contributed by atoms with van der Waals surface area (Å²) in [6, 6.07) is 15.8. The second-order valence-electron chi connectivity index (χ2n) is 7.34. The zero-order chi connectivity index (χ0) is 21.5. The fourth-order valence-electron chi connectivity index (χ4n) is 3.84. The summed E-state index contributed by atoms with van der Waals surface area (Å²) in [7, 11) is 0. The lowest BCUT2D eigenvalue weighted by Gasteiger charge is -2.31. The Kier molecular flexibility index (Phi) is 5.44. The number of hydrogen-bond acceptors (Lipinski definition) is 5. The Morgan fingerprint density at radius 3 is 2.48 bits per heavy atom. The maximum absolute atomic E-state index is 10.5. The molecule has 0 aliphatic carbocycles. The molecule has 5 nitrogen and oxygen atoms in total. The summed E-state index contributed by atoms with van der Waals surface area (Å²) in [5, 5.41) is 15.6. The molecule has 0 spiro atoms. The molecule has 2 N–H and O–H groups in total. The second kappa shape index (κ2) is 8.24. The molecular formula is C23H17Cl3N2O3. The zero-order valence-electron chi connectivity index (χ0n) is 16.1. The molecule has 158 valence electrons. The molecule has 5 rings (SSSR count). The molecule has 3 aromatic rings. The van der Waals surface area contributed by atoms with Gasteiger partial charge in [-0.25, -0.2) is 0 Å². The molecule has 0 bridgehead atoms. The predicted octanol–water partition coefficient (Wildman–Crippen LogP) is 6.30. The number of aromatic hydroxyl groups is 1. The first-order valence-corrected chi connectivity index (χ1v) is 10.8. The minimum absolute atomic E-state index is 0.162. The number of nitrogens with zero attached hydrogens (tertiary/aromatic N) is 1. The zero-order valence-corrected chi connectivity index (χ0v) is 18.4. The molecule has 0 saturated carbocycles. The second-order valence-corrected chi connectivity index (χ2v) is 8.62. The van der Waals surface area contributed by atoms with E-state index < -0.39 is 6.17 Å². The van der Waals surface area contributed by atoms with Gasteiger partial charge in [0.05, 0.1) is 0 Å². The summed E-state index contributed by atoms with van der Waals surface area (Å²) >= 11 is 18.8. The van der Waals surface area contributed by atoms with Crippen LogP contribution in [0, 0.1) is 0 Å². The fourth-order valence-corrected chi connectivity index (χ4v) is 4.54. The molecule has 3 aromatic carbocycles. The number of aliphatic imine (C=N–C) groups is 1. The first-order chi connectivity index (χ1) is 15.0. The highest BCUT2D eigenvalue weighted by Gasteiger charge is 2.29. The van der Waals surface area contributed by atoms with Crippen molar-refractivity contribution in [2.24, 2.45) is 4.99 Å². The molecule has 0 radical (unpaired) electrons. The van der Waals surface area contributed by atoms with Gasteiger partial charge in [-0.15, -0.1) is 0 Å². The topological polar surface area (TPSA) is 63.1 Å². The normalized spacial score (nSPS) is 19.9. The third kappa shape index (κ3) is 4.06. The van der Waals surface area contributed by atoms with Gasteiger partial charge in [-0.1, -0.05) is 40.9 Å². The van der Waals surface area contributed by atoms with Crippen LogP contribution in [0.5, 0.6) is 17.2 Å². The summed E-state index contributed by atoms with van der Waals surface area (Å²) in [6.45, 7) is 0.203.